The van der Waals surface area contributed by atoms with Gasteiger partial charge in [-0.05, 0) is 93.6 Å². The number of alkyl halides is 1. The number of hydrogen-bond donors (Lipinski definition) is 1. The standard InChI is InChI=1S/C32H44F2N2O/c1-4-32(34,5-2)23-35-18-15-26(16-19-35)10-9-25-7-6-8-27(12-11-25)28-13-14-30(31(33)21-28)24(3)36-20-17-29(37)22-36/h7-8,11-14,21,26,29,37H,3-6,9-10,15-20,22-23H2,1-2H3. The number of allylic oxidation sites excluding steroid dienone is 6. The Balaban J connectivity index is 1.27. The molecule has 0 saturated carbocycles. The van der Waals surface area contributed by atoms with Crippen molar-refractivity contribution in [2.75, 3.05) is 32.7 Å². The highest BCUT2D eigenvalue weighted by Crippen LogP contribution is 2.31. The van der Waals surface area contributed by atoms with Crippen LogP contribution in [-0.2, 0) is 0 Å². The summed E-state index contributed by atoms with van der Waals surface area (Å²) in [6, 6.07) is 5.38. The van der Waals surface area contributed by atoms with E-state index in [1.54, 1.807) is 6.07 Å². The number of piperidine rings is 1. The molecule has 0 radical (unpaired) electrons. The van der Waals surface area contributed by atoms with Crippen molar-refractivity contribution in [1.82, 2.24) is 9.80 Å². The van der Waals surface area contributed by atoms with Crippen molar-refractivity contribution < 1.29 is 13.9 Å². The number of aliphatic hydroxyl groups is 1. The molecule has 37 heavy (non-hydrogen) atoms. The van der Waals surface area contributed by atoms with Crippen LogP contribution in [-0.4, -0.2) is 59.4 Å². The minimum absolute atomic E-state index is 0.273. The van der Waals surface area contributed by atoms with Gasteiger partial charge in [-0.3, -0.25) is 0 Å². The third kappa shape index (κ3) is 7.20. The highest BCUT2D eigenvalue weighted by atomic mass is 19.1. The van der Waals surface area contributed by atoms with Gasteiger partial charge >= 0.3 is 0 Å². The molecule has 0 spiro atoms. The molecule has 1 unspecified atom stereocenters. The normalized spacial score (nSPS) is 21.6. The van der Waals surface area contributed by atoms with Gasteiger partial charge < -0.3 is 14.9 Å². The largest absolute Gasteiger partial charge is 0.391 e. The smallest absolute Gasteiger partial charge is 0.133 e. The summed E-state index contributed by atoms with van der Waals surface area (Å²) in [7, 11) is 0. The molecule has 2 heterocycles. The summed E-state index contributed by atoms with van der Waals surface area (Å²) < 4.78 is 29.8. The fourth-order valence-corrected chi connectivity index (χ4v) is 5.83. The Bertz CT molecular complexity index is 1030. The maximum Gasteiger partial charge on any atom is 0.133 e. The average molecular weight is 511 g/mol. The van der Waals surface area contributed by atoms with Gasteiger partial charge in [0, 0.05) is 30.9 Å². The van der Waals surface area contributed by atoms with Crippen molar-refractivity contribution >= 4 is 11.3 Å². The number of benzene rings is 1. The lowest BCUT2D eigenvalue weighted by atomic mass is 9.89. The second-order valence-electron chi connectivity index (χ2n) is 11.2. The SMILES string of the molecule is C=C(c1ccc(C2=CCC=C(CCC3CCN(CC(F)(CC)CC)CC3)C=C2)cc1F)N1CCC(O)C1. The van der Waals surface area contributed by atoms with Crippen molar-refractivity contribution in [3.63, 3.8) is 0 Å². The third-order valence-corrected chi connectivity index (χ3v) is 8.68. The van der Waals surface area contributed by atoms with E-state index in [4.69, 9.17) is 0 Å². The van der Waals surface area contributed by atoms with Crippen LogP contribution in [0.1, 0.15) is 76.3 Å². The zero-order valence-corrected chi connectivity index (χ0v) is 22.7. The second-order valence-corrected chi connectivity index (χ2v) is 11.2. The monoisotopic (exact) mass is 510 g/mol. The molecule has 2 saturated heterocycles. The Hall–Kier alpha value is -2.24. The maximum atomic E-state index is 15.0. The molecular formula is C32H44F2N2O. The number of halogens is 2. The number of hydrogen-bond acceptors (Lipinski definition) is 3. The molecule has 1 aromatic rings. The highest BCUT2D eigenvalue weighted by molar-refractivity contribution is 5.76. The van der Waals surface area contributed by atoms with E-state index < -0.39 is 5.67 Å². The van der Waals surface area contributed by atoms with Gasteiger partial charge in [0.2, 0.25) is 0 Å². The molecular weight excluding hydrogens is 466 g/mol. The summed E-state index contributed by atoms with van der Waals surface area (Å²) in [5.41, 5.74) is 3.35. The van der Waals surface area contributed by atoms with Gasteiger partial charge in [0.15, 0.2) is 0 Å². The Labute approximate surface area is 222 Å². The Kier molecular flexibility index (Phi) is 9.41. The molecule has 1 N–H and O–H groups in total. The van der Waals surface area contributed by atoms with Crippen LogP contribution >= 0.6 is 0 Å². The molecule has 1 aromatic carbocycles. The second kappa shape index (κ2) is 12.5. The van der Waals surface area contributed by atoms with E-state index in [0.29, 0.717) is 56.1 Å². The predicted molar refractivity (Wildman–Crippen MR) is 150 cm³/mol. The van der Waals surface area contributed by atoms with E-state index >= 15 is 4.39 Å². The first kappa shape index (κ1) is 27.8. The van der Waals surface area contributed by atoms with E-state index in [1.807, 2.05) is 30.9 Å². The molecule has 0 aromatic heterocycles. The van der Waals surface area contributed by atoms with Crippen molar-refractivity contribution in [2.24, 2.45) is 5.92 Å². The van der Waals surface area contributed by atoms with Crippen LogP contribution in [0.3, 0.4) is 0 Å². The summed E-state index contributed by atoms with van der Waals surface area (Å²) in [4.78, 5) is 4.27. The summed E-state index contributed by atoms with van der Waals surface area (Å²) in [6.07, 6.45) is 15.6. The summed E-state index contributed by atoms with van der Waals surface area (Å²) in [5, 5.41) is 9.79. The predicted octanol–water partition coefficient (Wildman–Crippen LogP) is 7.15. The minimum Gasteiger partial charge on any atom is -0.391 e. The van der Waals surface area contributed by atoms with Crippen molar-refractivity contribution in [1.29, 1.82) is 0 Å². The summed E-state index contributed by atoms with van der Waals surface area (Å²) in [6.45, 7) is 11.8. The molecule has 2 fully saturated rings. The first-order valence-corrected chi connectivity index (χ1v) is 14.2. The number of nitrogens with zero attached hydrogens (tertiary/aromatic N) is 2. The first-order chi connectivity index (χ1) is 17.8. The number of aliphatic hydroxyl groups excluding tert-OH is 1. The fourth-order valence-electron chi connectivity index (χ4n) is 5.83. The zero-order valence-electron chi connectivity index (χ0n) is 22.7. The van der Waals surface area contributed by atoms with Crippen molar-refractivity contribution in [3.05, 3.63) is 71.6 Å². The van der Waals surface area contributed by atoms with Gasteiger partial charge in [-0.1, -0.05) is 56.4 Å². The molecule has 1 aliphatic carbocycles. The summed E-state index contributed by atoms with van der Waals surface area (Å²) >= 11 is 0. The highest BCUT2D eigenvalue weighted by Gasteiger charge is 2.30. The third-order valence-electron chi connectivity index (χ3n) is 8.68. The Morgan fingerprint density at radius 3 is 2.49 bits per heavy atom. The maximum absolute atomic E-state index is 15.0. The lowest BCUT2D eigenvalue weighted by Crippen LogP contribution is -2.43. The van der Waals surface area contributed by atoms with Gasteiger partial charge in [-0.25, -0.2) is 8.78 Å². The molecule has 0 amide bonds. The van der Waals surface area contributed by atoms with Gasteiger partial charge in [-0.15, -0.1) is 0 Å². The van der Waals surface area contributed by atoms with Gasteiger partial charge in [0.25, 0.3) is 0 Å². The topological polar surface area (TPSA) is 26.7 Å². The lowest BCUT2D eigenvalue weighted by molar-refractivity contribution is 0.0629. The van der Waals surface area contributed by atoms with Crippen LogP contribution in [0.25, 0.3) is 11.3 Å². The molecule has 3 nitrogen and oxygen atoms in total. The molecule has 4 rings (SSSR count). The first-order valence-electron chi connectivity index (χ1n) is 14.2. The summed E-state index contributed by atoms with van der Waals surface area (Å²) in [5.74, 6) is 0.426. The fraction of sp³-hybridized carbons (Fsp3) is 0.562. The van der Waals surface area contributed by atoms with E-state index in [9.17, 15) is 9.50 Å². The lowest BCUT2D eigenvalue weighted by Gasteiger charge is -2.36. The van der Waals surface area contributed by atoms with Crippen molar-refractivity contribution in [2.45, 2.75) is 77.0 Å². The molecule has 2 aliphatic heterocycles. The van der Waals surface area contributed by atoms with Crippen LogP contribution in [0, 0.1) is 11.7 Å². The average Bonchev–Trinajstić information content (AvgIpc) is 3.20. The number of likely N-dealkylation sites (tertiary alicyclic amines) is 2. The molecule has 1 atom stereocenters. The van der Waals surface area contributed by atoms with Crippen LogP contribution in [0.4, 0.5) is 8.78 Å². The van der Waals surface area contributed by atoms with E-state index in [2.05, 4.69) is 35.8 Å². The van der Waals surface area contributed by atoms with Gasteiger partial charge in [0.1, 0.15) is 11.5 Å². The van der Waals surface area contributed by atoms with Crippen LogP contribution in [0.15, 0.2) is 54.7 Å². The van der Waals surface area contributed by atoms with E-state index in [0.717, 1.165) is 56.3 Å². The van der Waals surface area contributed by atoms with Crippen LogP contribution < -0.4 is 0 Å². The quantitative estimate of drug-likeness (QED) is 0.362. The van der Waals surface area contributed by atoms with Crippen molar-refractivity contribution in [3.8, 4) is 0 Å². The molecule has 202 valence electrons. The minimum atomic E-state index is -1.04. The Morgan fingerprint density at radius 2 is 1.84 bits per heavy atom. The number of rotatable bonds is 10. The molecule has 5 heteroatoms. The van der Waals surface area contributed by atoms with Gasteiger partial charge in [0.05, 0.1) is 6.10 Å². The van der Waals surface area contributed by atoms with Crippen LogP contribution in [0.5, 0.6) is 0 Å². The molecule has 0 bridgehead atoms. The molecule has 3 aliphatic rings. The van der Waals surface area contributed by atoms with E-state index in [-0.39, 0.29) is 11.9 Å². The zero-order chi connectivity index (χ0) is 26.4. The van der Waals surface area contributed by atoms with Gasteiger partial charge in [-0.2, -0.15) is 0 Å². The Morgan fingerprint density at radius 1 is 1.08 bits per heavy atom. The number of β-amino-alcohol motifs (C(OH)–C–C–N with tert-alkyl or cyclic N) is 1. The van der Waals surface area contributed by atoms with E-state index in [1.165, 1.54) is 5.57 Å². The van der Waals surface area contributed by atoms with Crippen LogP contribution in [0.2, 0.25) is 0 Å².